The summed E-state index contributed by atoms with van der Waals surface area (Å²) >= 11 is 0. The summed E-state index contributed by atoms with van der Waals surface area (Å²) in [6, 6.07) is 3.98. The number of rotatable bonds is 1. The number of aryl methyl sites for hydroxylation is 1. The van der Waals surface area contributed by atoms with Crippen LogP contribution in [0.15, 0.2) is 24.4 Å². The van der Waals surface area contributed by atoms with Crippen LogP contribution < -0.4 is 5.73 Å². The molecule has 0 fully saturated rings. The first-order valence-corrected chi connectivity index (χ1v) is 5.18. The molecule has 2 N–H and O–H groups in total. The summed E-state index contributed by atoms with van der Waals surface area (Å²) in [5.41, 5.74) is 5.52. The van der Waals surface area contributed by atoms with Crippen molar-refractivity contribution in [1.82, 2.24) is 4.98 Å². The summed E-state index contributed by atoms with van der Waals surface area (Å²) in [7, 11) is 0. The molecular formula is C12H11F3N2. The van der Waals surface area contributed by atoms with Gasteiger partial charge in [0.2, 0.25) is 0 Å². The molecule has 0 bridgehead atoms. The Bertz CT molecular complexity index is 561. The van der Waals surface area contributed by atoms with E-state index >= 15 is 0 Å². The van der Waals surface area contributed by atoms with Crippen molar-refractivity contribution in [1.29, 1.82) is 0 Å². The van der Waals surface area contributed by atoms with Crippen molar-refractivity contribution in [3.8, 4) is 0 Å². The second-order valence-electron chi connectivity index (χ2n) is 3.75. The minimum absolute atomic E-state index is 0.128. The normalized spacial score (nSPS) is 12.0. The van der Waals surface area contributed by atoms with Gasteiger partial charge in [0.05, 0.1) is 5.56 Å². The molecule has 0 saturated heterocycles. The monoisotopic (exact) mass is 240 g/mol. The Balaban J connectivity index is 2.91. The van der Waals surface area contributed by atoms with Crippen molar-refractivity contribution in [2.24, 2.45) is 0 Å². The number of pyridine rings is 1. The fourth-order valence-corrected chi connectivity index (χ4v) is 1.90. The molecule has 0 aliphatic heterocycles. The van der Waals surface area contributed by atoms with Crippen LogP contribution in [-0.2, 0) is 12.6 Å². The van der Waals surface area contributed by atoms with Crippen LogP contribution in [0.5, 0.6) is 0 Å². The summed E-state index contributed by atoms with van der Waals surface area (Å²) in [6.07, 6.45) is -2.49. The lowest BCUT2D eigenvalue weighted by Crippen LogP contribution is -2.08. The minimum Gasteiger partial charge on any atom is -0.383 e. The molecule has 0 saturated carbocycles. The number of fused-ring (bicyclic) bond motifs is 1. The molecule has 5 heteroatoms. The van der Waals surface area contributed by atoms with E-state index in [2.05, 4.69) is 4.98 Å². The molecular weight excluding hydrogens is 229 g/mol. The number of hydrogen-bond donors (Lipinski definition) is 1. The van der Waals surface area contributed by atoms with E-state index in [4.69, 9.17) is 5.73 Å². The summed E-state index contributed by atoms with van der Waals surface area (Å²) in [6.45, 7) is 1.79. The van der Waals surface area contributed by atoms with Crippen molar-refractivity contribution < 1.29 is 13.2 Å². The molecule has 2 aromatic rings. The van der Waals surface area contributed by atoms with Gasteiger partial charge >= 0.3 is 6.18 Å². The van der Waals surface area contributed by atoms with E-state index in [1.54, 1.807) is 13.0 Å². The first-order valence-electron chi connectivity index (χ1n) is 5.18. The van der Waals surface area contributed by atoms with Gasteiger partial charge in [-0.3, -0.25) is 0 Å². The molecule has 1 aromatic heterocycles. The molecule has 0 amide bonds. The SMILES string of the molecule is CCc1cnc(N)c2cccc(C(F)(F)F)c12. The Morgan fingerprint density at radius 1 is 1.29 bits per heavy atom. The van der Waals surface area contributed by atoms with E-state index in [1.165, 1.54) is 12.3 Å². The topological polar surface area (TPSA) is 38.9 Å². The highest BCUT2D eigenvalue weighted by Crippen LogP contribution is 2.37. The maximum atomic E-state index is 12.9. The van der Waals surface area contributed by atoms with E-state index in [-0.39, 0.29) is 11.2 Å². The maximum absolute atomic E-state index is 12.9. The highest BCUT2D eigenvalue weighted by Gasteiger charge is 2.33. The lowest BCUT2D eigenvalue weighted by molar-refractivity contribution is -0.136. The van der Waals surface area contributed by atoms with Crippen molar-refractivity contribution in [2.75, 3.05) is 5.73 Å². The third-order valence-corrected chi connectivity index (χ3v) is 2.71. The van der Waals surface area contributed by atoms with E-state index in [9.17, 15) is 13.2 Å². The van der Waals surface area contributed by atoms with Crippen LogP contribution in [0.25, 0.3) is 10.8 Å². The first kappa shape index (κ1) is 11.7. The molecule has 90 valence electrons. The number of halogens is 3. The lowest BCUT2D eigenvalue weighted by Gasteiger charge is -2.13. The Morgan fingerprint density at radius 3 is 2.59 bits per heavy atom. The number of aromatic nitrogens is 1. The Morgan fingerprint density at radius 2 is 2.00 bits per heavy atom. The van der Waals surface area contributed by atoms with E-state index < -0.39 is 11.7 Å². The molecule has 2 rings (SSSR count). The van der Waals surface area contributed by atoms with Gasteiger partial charge in [-0.1, -0.05) is 19.1 Å². The van der Waals surface area contributed by atoms with E-state index in [0.717, 1.165) is 6.07 Å². The van der Waals surface area contributed by atoms with Crippen LogP contribution in [0.4, 0.5) is 19.0 Å². The summed E-state index contributed by atoms with van der Waals surface area (Å²) in [4.78, 5) is 3.91. The summed E-state index contributed by atoms with van der Waals surface area (Å²) in [5.74, 6) is 0.128. The van der Waals surface area contributed by atoms with Crippen LogP contribution in [0.2, 0.25) is 0 Å². The predicted molar refractivity (Wildman–Crippen MR) is 60.5 cm³/mol. The number of nitrogens with two attached hydrogens (primary N) is 1. The van der Waals surface area contributed by atoms with Gasteiger partial charge < -0.3 is 5.73 Å². The van der Waals surface area contributed by atoms with Crippen LogP contribution in [0.3, 0.4) is 0 Å². The summed E-state index contributed by atoms with van der Waals surface area (Å²) in [5, 5.41) is 0.522. The fourth-order valence-electron chi connectivity index (χ4n) is 1.90. The average Bonchev–Trinajstić information content (AvgIpc) is 2.28. The van der Waals surface area contributed by atoms with Crippen LogP contribution >= 0.6 is 0 Å². The molecule has 1 aromatic carbocycles. The van der Waals surface area contributed by atoms with Gasteiger partial charge in [-0.2, -0.15) is 13.2 Å². The van der Waals surface area contributed by atoms with Gasteiger partial charge in [0.15, 0.2) is 0 Å². The molecule has 0 aliphatic rings. The molecule has 0 atom stereocenters. The zero-order chi connectivity index (χ0) is 12.6. The number of benzene rings is 1. The molecule has 0 aliphatic carbocycles. The van der Waals surface area contributed by atoms with Gasteiger partial charge in [-0.15, -0.1) is 0 Å². The average molecular weight is 240 g/mol. The quantitative estimate of drug-likeness (QED) is 0.829. The van der Waals surface area contributed by atoms with Gasteiger partial charge in [-0.25, -0.2) is 4.98 Å². The predicted octanol–water partition coefficient (Wildman–Crippen LogP) is 3.40. The Kier molecular flexibility index (Phi) is 2.69. The largest absolute Gasteiger partial charge is 0.417 e. The standard InChI is InChI=1S/C12H11F3N2/c1-2-7-6-17-11(16)8-4-3-5-9(10(7)8)12(13,14)15/h3-6H,2H2,1H3,(H2,16,17). The number of nitrogen functional groups attached to an aromatic ring is 1. The Labute approximate surface area is 96.3 Å². The third kappa shape index (κ3) is 1.92. The first-order chi connectivity index (χ1) is 7.95. The number of nitrogens with zero attached hydrogens (tertiary/aromatic N) is 1. The van der Waals surface area contributed by atoms with Gasteiger partial charge in [-0.05, 0) is 18.1 Å². The molecule has 17 heavy (non-hydrogen) atoms. The highest BCUT2D eigenvalue weighted by atomic mass is 19.4. The van der Waals surface area contributed by atoms with E-state index in [0.29, 0.717) is 17.4 Å². The molecule has 1 heterocycles. The van der Waals surface area contributed by atoms with Gasteiger partial charge in [0, 0.05) is 17.0 Å². The van der Waals surface area contributed by atoms with Crippen LogP contribution in [0.1, 0.15) is 18.1 Å². The maximum Gasteiger partial charge on any atom is 0.417 e. The van der Waals surface area contributed by atoms with E-state index in [1.807, 2.05) is 0 Å². The molecule has 0 radical (unpaired) electrons. The van der Waals surface area contributed by atoms with Crippen LogP contribution in [0, 0.1) is 0 Å². The second-order valence-corrected chi connectivity index (χ2v) is 3.75. The molecule has 0 spiro atoms. The third-order valence-electron chi connectivity index (χ3n) is 2.71. The number of hydrogen-bond acceptors (Lipinski definition) is 2. The van der Waals surface area contributed by atoms with Crippen molar-refractivity contribution >= 4 is 16.6 Å². The molecule has 2 nitrogen and oxygen atoms in total. The number of alkyl halides is 3. The zero-order valence-electron chi connectivity index (χ0n) is 9.17. The van der Waals surface area contributed by atoms with Gasteiger partial charge in [0.1, 0.15) is 5.82 Å². The summed E-state index contributed by atoms with van der Waals surface area (Å²) < 4.78 is 38.7. The van der Waals surface area contributed by atoms with Gasteiger partial charge in [0.25, 0.3) is 0 Å². The fraction of sp³-hybridized carbons (Fsp3) is 0.250. The lowest BCUT2D eigenvalue weighted by atomic mass is 9.99. The molecule has 0 unspecified atom stereocenters. The number of anilines is 1. The zero-order valence-corrected chi connectivity index (χ0v) is 9.17. The van der Waals surface area contributed by atoms with Crippen molar-refractivity contribution in [3.63, 3.8) is 0 Å². The van der Waals surface area contributed by atoms with Crippen molar-refractivity contribution in [2.45, 2.75) is 19.5 Å². The second kappa shape index (κ2) is 3.91. The smallest absolute Gasteiger partial charge is 0.383 e. The minimum atomic E-state index is -4.38. The highest BCUT2D eigenvalue weighted by molar-refractivity contribution is 5.95. The Hall–Kier alpha value is -1.78. The van der Waals surface area contributed by atoms with Crippen LogP contribution in [-0.4, -0.2) is 4.98 Å². The van der Waals surface area contributed by atoms with Crippen molar-refractivity contribution in [3.05, 3.63) is 35.5 Å².